The van der Waals surface area contributed by atoms with Crippen LogP contribution >= 0.6 is 0 Å². The fraction of sp³-hybridized carbons (Fsp3) is 0.300. The largest absolute Gasteiger partial charge is 0.543 e. The first-order valence-corrected chi connectivity index (χ1v) is 4.49. The number of carbonyl (C=O) groups is 1. The van der Waals surface area contributed by atoms with Crippen molar-refractivity contribution in [2.24, 2.45) is 0 Å². The normalized spacial score (nSPS) is 17.2. The molecule has 1 aliphatic rings. The van der Waals surface area contributed by atoms with Crippen LogP contribution in [0.1, 0.15) is 12.5 Å². The van der Waals surface area contributed by atoms with Gasteiger partial charge in [-0.25, -0.2) is 0 Å². The van der Waals surface area contributed by atoms with Crippen LogP contribution in [0.4, 0.5) is 0 Å². The van der Waals surface area contributed by atoms with Gasteiger partial charge in [-0.1, -0.05) is 0 Å². The number of benzene rings is 1. The van der Waals surface area contributed by atoms with Crippen molar-refractivity contribution in [2.75, 3.05) is 6.79 Å². The third kappa shape index (κ3) is 1.50. The molecule has 80 valence electrons. The standard InChI is InChI=1S/C10H11NO4/c1-10(11,9(12)13)6-2-3-7-8(4-6)15-5-14-7/h2-4H,5,11H2,1H3,(H,12,13)/t10-/m0/s1. The van der Waals surface area contributed by atoms with E-state index < -0.39 is 11.5 Å². The van der Waals surface area contributed by atoms with Gasteiger partial charge in [0.15, 0.2) is 17.0 Å². The summed E-state index contributed by atoms with van der Waals surface area (Å²) in [4.78, 5) is 10.9. The Balaban J connectivity index is 2.42. The molecule has 1 atom stereocenters. The van der Waals surface area contributed by atoms with Gasteiger partial charge in [-0.2, -0.15) is 0 Å². The summed E-state index contributed by atoms with van der Waals surface area (Å²) in [6.07, 6.45) is 0. The summed E-state index contributed by atoms with van der Waals surface area (Å²) >= 11 is 0. The minimum absolute atomic E-state index is 0.165. The van der Waals surface area contributed by atoms with Crippen LogP contribution in [-0.4, -0.2) is 12.8 Å². The fourth-order valence-corrected chi connectivity index (χ4v) is 1.36. The molecule has 1 aromatic rings. The highest BCUT2D eigenvalue weighted by molar-refractivity contribution is 5.76. The van der Waals surface area contributed by atoms with Gasteiger partial charge in [0.2, 0.25) is 6.79 Å². The second-order valence-electron chi connectivity index (χ2n) is 3.69. The third-order valence-corrected chi connectivity index (χ3v) is 2.46. The lowest BCUT2D eigenvalue weighted by atomic mass is 9.93. The van der Waals surface area contributed by atoms with Gasteiger partial charge in [0.05, 0.1) is 0 Å². The molecule has 3 N–H and O–H groups in total. The number of fused-ring (bicyclic) bond motifs is 1. The number of hydrogen-bond acceptors (Lipinski definition) is 4. The Morgan fingerprint density at radius 3 is 2.80 bits per heavy atom. The van der Waals surface area contributed by atoms with E-state index in [2.05, 4.69) is 5.73 Å². The van der Waals surface area contributed by atoms with Gasteiger partial charge in [-0.15, -0.1) is 0 Å². The van der Waals surface area contributed by atoms with E-state index in [0.29, 0.717) is 17.1 Å². The van der Waals surface area contributed by atoms with E-state index in [1.807, 2.05) is 0 Å². The fourth-order valence-electron chi connectivity index (χ4n) is 1.36. The maximum atomic E-state index is 10.9. The first-order valence-electron chi connectivity index (χ1n) is 4.49. The van der Waals surface area contributed by atoms with Crippen LogP contribution in [-0.2, 0) is 10.3 Å². The van der Waals surface area contributed by atoms with Crippen molar-refractivity contribution in [3.8, 4) is 11.5 Å². The topological polar surface area (TPSA) is 86.2 Å². The van der Waals surface area contributed by atoms with Gasteiger partial charge in [0.1, 0.15) is 5.97 Å². The molecular weight excluding hydrogens is 198 g/mol. The van der Waals surface area contributed by atoms with Crippen molar-refractivity contribution >= 4 is 5.97 Å². The molecule has 1 heterocycles. The Bertz CT molecular complexity index is 414. The van der Waals surface area contributed by atoms with E-state index in [0.717, 1.165) is 0 Å². The summed E-state index contributed by atoms with van der Waals surface area (Å²) < 4.78 is 10.3. The summed E-state index contributed by atoms with van der Waals surface area (Å²) in [7, 11) is 0. The molecule has 0 saturated heterocycles. The van der Waals surface area contributed by atoms with Crippen LogP contribution in [0.2, 0.25) is 0 Å². The summed E-state index contributed by atoms with van der Waals surface area (Å²) in [5.41, 5.74) is 2.86. The molecule has 0 fully saturated rings. The van der Waals surface area contributed by atoms with Crippen LogP contribution in [0.5, 0.6) is 11.5 Å². The van der Waals surface area contributed by atoms with Crippen LogP contribution in [0.25, 0.3) is 0 Å². The van der Waals surface area contributed by atoms with Crippen LogP contribution in [0.3, 0.4) is 0 Å². The lowest BCUT2D eigenvalue weighted by Crippen LogP contribution is -2.75. The summed E-state index contributed by atoms with van der Waals surface area (Å²) in [5, 5.41) is 10.9. The van der Waals surface area contributed by atoms with Crippen molar-refractivity contribution in [3.05, 3.63) is 23.8 Å². The van der Waals surface area contributed by atoms with Crippen molar-refractivity contribution in [3.63, 3.8) is 0 Å². The molecule has 0 aromatic heterocycles. The Labute approximate surface area is 86.4 Å². The molecule has 0 amide bonds. The van der Waals surface area contributed by atoms with Crippen molar-refractivity contribution in [2.45, 2.75) is 12.5 Å². The first kappa shape index (κ1) is 9.79. The number of hydrogen-bond donors (Lipinski definition) is 1. The van der Waals surface area contributed by atoms with Gasteiger partial charge in [-0.05, 0) is 18.2 Å². The van der Waals surface area contributed by atoms with Crippen molar-refractivity contribution < 1.29 is 25.1 Å². The average Bonchev–Trinajstić information content (AvgIpc) is 2.63. The van der Waals surface area contributed by atoms with E-state index in [1.54, 1.807) is 18.2 Å². The molecule has 15 heavy (non-hydrogen) atoms. The zero-order valence-electron chi connectivity index (χ0n) is 8.28. The van der Waals surface area contributed by atoms with E-state index in [4.69, 9.17) is 9.47 Å². The number of rotatable bonds is 2. The van der Waals surface area contributed by atoms with E-state index in [9.17, 15) is 9.90 Å². The summed E-state index contributed by atoms with van der Waals surface area (Å²) in [6, 6.07) is 4.94. The zero-order valence-corrected chi connectivity index (χ0v) is 8.28. The van der Waals surface area contributed by atoms with Crippen LogP contribution in [0.15, 0.2) is 18.2 Å². The highest BCUT2D eigenvalue weighted by Gasteiger charge is 2.29. The van der Waals surface area contributed by atoms with Gasteiger partial charge < -0.3 is 25.1 Å². The van der Waals surface area contributed by atoms with Gasteiger partial charge in [-0.3, -0.25) is 0 Å². The lowest BCUT2D eigenvalue weighted by molar-refractivity contribution is -0.489. The molecule has 0 saturated carbocycles. The summed E-state index contributed by atoms with van der Waals surface area (Å²) in [5.74, 6) is -0.0575. The molecule has 5 heteroatoms. The number of carbonyl (C=O) groups excluding carboxylic acids is 1. The Morgan fingerprint density at radius 2 is 2.13 bits per heavy atom. The summed E-state index contributed by atoms with van der Waals surface area (Å²) in [6.45, 7) is 1.65. The molecule has 0 bridgehead atoms. The highest BCUT2D eigenvalue weighted by Crippen LogP contribution is 2.34. The van der Waals surface area contributed by atoms with E-state index in [1.165, 1.54) is 6.92 Å². The molecule has 0 unspecified atom stereocenters. The predicted octanol–water partition coefficient (Wildman–Crippen LogP) is -1.38. The van der Waals surface area contributed by atoms with E-state index >= 15 is 0 Å². The molecule has 0 spiro atoms. The number of carboxylic acids is 1. The molecule has 1 aliphatic heterocycles. The Kier molecular flexibility index (Phi) is 2.04. The molecule has 0 aliphatic carbocycles. The number of quaternary nitrogens is 1. The average molecular weight is 209 g/mol. The van der Waals surface area contributed by atoms with Gasteiger partial charge in [0, 0.05) is 12.5 Å². The maximum Gasteiger partial charge on any atom is 0.231 e. The number of carboxylic acid groups (broad SMARTS) is 1. The second-order valence-corrected chi connectivity index (χ2v) is 3.69. The predicted molar refractivity (Wildman–Crippen MR) is 47.8 cm³/mol. The SMILES string of the molecule is C[C@@]([NH3+])(C(=O)[O-])c1ccc2c(c1)OCO2. The molecular formula is C10H11NO4. The second kappa shape index (κ2) is 3.13. The minimum Gasteiger partial charge on any atom is -0.543 e. The van der Waals surface area contributed by atoms with Crippen molar-refractivity contribution in [1.29, 1.82) is 0 Å². The van der Waals surface area contributed by atoms with E-state index in [-0.39, 0.29) is 6.79 Å². The maximum absolute atomic E-state index is 10.9. The quantitative estimate of drug-likeness (QED) is 0.650. The number of ether oxygens (including phenoxy) is 2. The Morgan fingerprint density at radius 1 is 1.47 bits per heavy atom. The number of aliphatic carboxylic acids is 1. The molecule has 5 nitrogen and oxygen atoms in total. The van der Waals surface area contributed by atoms with Gasteiger partial charge in [0.25, 0.3) is 0 Å². The van der Waals surface area contributed by atoms with Crippen LogP contribution in [0, 0.1) is 0 Å². The minimum atomic E-state index is -1.28. The lowest BCUT2D eigenvalue weighted by Gasteiger charge is -2.22. The Hall–Kier alpha value is -1.75. The molecule has 1 aromatic carbocycles. The first-order chi connectivity index (χ1) is 7.01. The van der Waals surface area contributed by atoms with Crippen molar-refractivity contribution in [1.82, 2.24) is 0 Å². The molecule has 0 radical (unpaired) electrons. The monoisotopic (exact) mass is 209 g/mol. The smallest absolute Gasteiger partial charge is 0.231 e. The highest BCUT2D eigenvalue weighted by atomic mass is 16.7. The van der Waals surface area contributed by atoms with Gasteiger partial charge >= 0.3 is 0 Å². The molecule has 2 rings (SSSR count). The zero-order chi connectivity index (χ0) is 11.1. The third-order valence-electron chi connectivity index (χ3n) is 2.46. The van der Waals surface area contributed by atoms with Crippen LogP contribution < -0.4 is 20.3 Å².